The summed E-state index contributed by atoms with van der Waals surface area (Å²) < 4.78 is 5.70. The molecule has 1 aromatic heterocycles. The average molecular weight is 264 g/mol. The molecule has 1 saturated heterocycles. The Morgan fingerprint density at radius 3 is 3.00 bits per heavy atom. The van der Waals surface area contributed by atoms with Crippen molar-refractivity contribution in [3.8, 4) is 0 Å². The molecule has 0 saturated carbocycles. The lowest BCUT2D eigenvalue weighted by atomic mass is 9.96. The van der Waals surface area contributed by atoms with Crippen LogP contribution in [0.15, 0.2) is 18.2 Å². The number of rotatable bonds is 4. The molecule has 2 heterocycles. The first-order valence-corrected chi connectivity index (χ1v) is 6.68. The molecule has 1 aromatic rings. The van der Waals surface area contributed by atoms with Gasteiger partial charge in [-0.05, 0) is 31.4 Å². The molecule has 1 aliphatic heterocycles. The number of ether oxygens (including phenoxy) is 1. The van der Waals surface area contributed by atoms with Gasteiger partial charge in [-0.3, -0.25) is 0 Å². The van der Waals surface area contributed by atoms with Crippen molar-refractivity contribution in [1.82, 2.24) is 4.98 Å². The Kier molecular flexibility index (Phi) is 4.37. The third kappa shape index (κ3) is 3.23. The Morgan fingerprint density at radius 1 is 1.58 bits per heavy atom. The first-order chi connectivity index (χ1) is 9.11. The Morgan fingerprint density at radius 2 is 2.37 bits per heavy atom. The van der Waals surface area contributed by atoms with E-state index in [9.17, 15) is 4.79 Å². The van der Waals surface area contributed by atoms with Crippen LogP contribution in [0, 0.1) is 5.92 Å². The predicted octanol–water partition coefficient (Wildman–Crippen LogP) is 2.03. The van der Waals surface area contributed by atoms with E-state index >= 15 is 0 Å². The second-order valence-electron chi connectivity index (χ2n) is 4.89. The third-order valence-corrected chi connectivity index (χ3v) is 3.48. The fourth-order valence-electron chi connectivity index (χ4n) is 2.51. The molecule has 2 atom stereocenters. The van der Waals surface area contributed by atoms with Crippen LogP contribution in [-0.4, -0.2) is 41.9 Å². The van der Waals surface area contributed by atoms with Crippen molar-refractivity contribution in [2.45, 2.75) is 26.4 Å². The van der Waals surface area contributed by atoms with Gasteiger partial charge in [-0.15, -0.1) is 0 Å². The average Bonchev–Trinajstić information content (AvgIpc) is 2.41. The van der Waals surface area contributed by atoms with Gasteiger partial charge in [0.05, 0.1) is 6.10 Å². The van der Waals surface area contributed by atoms with Crippen LogP contribution in [0.4, 0.5) is 5.82 Å². The molecule has 0 amide bonds. The minimum Gasteiger partial charge on any atom is -0.477 e. The van der Waals surface area contributed by atoms with Crippen LogP contribution in [0.3, 0.4) is 0 Å². The largest absolute Gasteiger partial charge is 0.477 e. The van der Waals surface area contributed by atoms with Gasteiger partial charge in [0.1, 0.15) is 5.82 Å². The van der Waals surface area contributed by atoms with E-state index in [1.54, 1.807) is 6.07 Å². The number of carboxylic acids is 1. The van der Waals surface area contributed by atoms with Crippen LogP contribution >= 0.6 is 0 Å². The highest BCUT2D eigenvalue weighted by atomic mass is 16.5. The molecular weight excluding hydrogens is 244 g/mol. The van der Waals surface area contributed by atoms with Gasteiger partial charge in [-0.25, -0.2) is 9.78 Å². The van der Waals surface area contributed by atoms with Gasteiger partial charge < -0.3 is 14.7 Å². The standard InChI is InChI=1S/C14H20N2O3/c1-3-19-12-7-8-16(9-10(12)2)13-6-4-5-11(15-13)14(17)18/h4-6,10,12H,3,7-9H2,1-2H3,(H,17,18). The van der Waals surface area contributed by atoms with Crippen molar-refractivity contribution in [1.29, 1.82) is 0 Å². The molecule has 0 radical (unpaired) electrons. The maximum atomic E-state index is 10.9. The van der Waals surface area contributed by atoms with E-state index < -0.39 is 5.97 Å². The Bertz CT molecular complexity index is 450. The van der Waals surface area contributed by atoms with Crippen LogP contribution in [0.25, 0.3) is 0 Å². The van der Waals surface area contributed by atoms with E-state index in [1.165, 1.54) is 6.07 Å². The molecule has 104 valence electrons. The van der Waals surface area contributed by atoms with Gasteiger partial charge in [-0.1, -0.05) is 13.0 Å². The monoisotopic (exact) mass is 264 g/mol. The summed E-state index contributed by atoms with van der Waals surface area (Å²) in [6.07, 6.45) is 1.25. The predicted molar refractivity (Wildman–Crippen MR) is 72.6 cm³/mol. The molecule has 1 N–H and O–H groups in total. The summed E-state index contributed by atoms with van der Waals surface area (Å²) in [5.41, 5.74) is 0.0945. The van der Waals surface area contributed by atoms with Crippen molar-refractivity contribution in [2.24, 2.45) is 5.92 Å². The smallest absolute Gasteiger partial charge is 0.354 e. The van der Waals surface area contributed by atoms with E-state index in [1.807, 2.05) is 13.0 Å². The number of carboxylic acid groups (broad SMARTS) is 1. The summed E-state index contributed by atoms with van der Waals surface area (Å²) in [4.78, 5) is 17.3. The van der Waals surface area contributed by atoms with E-state index in [0.717, 1.165) is 31.9 Å². The quantitative estimate of drug-likeness (QED) is 0.901. The molecule has 1 aliphatic rings. The van der Waals surface area contributed by atoms with Gasteiger partial charge in [-0.2, -0.15) is 0 Å². The Hall–Kier alpha value is -1.62. The molecule has 2 unspecified atom stereocenters. The van der Waals surface area contributed by atoms with E-state index in [4.69, 9.17) is 9.84 Å². The number of hydrogen-bond acceptors (Lipinski definition) is 4. The molecule has 19 heavy (non-hydrogen) atoms. The number of anilines is 1. The van der Waals surface area contributed by atoms with Crippen LogP contribution < -0.4 is 4.90 Å². The van der Waals surface area contributed by atoms with Gasteiger partial charge in [0, 0.05) is 19.7 Å². The van der Waals surface area contributed by atoms with Crippen molar-refractivity contribution in [3.05, 3.63) is 23.9 Å². The summed E-state index contributed by atoms with van der Waals surface area (Å²) in [7, 11) is 0. The van der Waals surface area contributed by atoms with E-state index in [0.29, 0.717) is 12.0 Å². The maximum Gasteiger partial charge on any atom is 0.354 e. The summed E-state index contributed by atoms with van der Waals surface area (Å²) in [6, 6.07) is 5.12. The first-order valence-electron chi connectivity index (χ1n) is 6.68. The van der Waals surface area contributed by atoms with E-state index in [-0.39, 0.29) is 5.69 Å². The third-order valence-electron chi connectivity index (χ3n) is 3.48. The molecule has 0 bridgehead atoms. The molecule has 2 rings (SSSR count). The highest BCUT2D eigenvalue weighted by molar-refractivity contribution is 5.85. The van der Waals surface area contributed by atoms with Crippen molar-refractivity contribution in [3.63, 3.8) is 0 Å². The maximum absolute atomic E-state index is 10.9. The first kappa shape index (κ1) is 13.8. The lowest BCUT2D eigenvalue weighted by Gasteiger charge is -2.37. The zero-order chi connectivity index (χ0) is 13.8. The number of carbonyl (C=O) groups is 1. The van der Waals surface area contributed by atoms with Crippen molar-refractivity contribution >= 4 is 11.8 Å². The van der Waals surface area contributed by atoms with Gasteiger partial charge in [0.15, 0.2) is 5.69 Å². The van der Waals surface area contributed by atoms with Gasteiger partial charge in [0.25, 0.3) is 0 Å². The minimum atomic E-state index is -0.987. The normalized spacial score (nSPS) is 23.4. The molecule has 0 aromatic carbocycles. The van der Waals surface area contributed by atoms with Crippen LogP contribution in [0.2, 0.25) is 0 Å². The van der Waals surface area contributed by atoms with Crippen molar-refractivity contribution < 1.29 is 14.6 Å². The summed E-state index contributed by atoms with van der Waals surface area (Å²) >= 11 is 0. The van der Waals surface area contributed by atoms with Crippen LogP contribution in [0.5, 0.6) is 0 Å². The number of nitrogens with zero attached hydrogens (tertiary/aromatic N) is 2. The van der Waals surface area contributed by atoms with Crippen LogP contribution in [0.1, 0.15) is 30.8 Å². The number of pyridine rings is 1. The van der Waals surface area contributed by atoms with Crippen molar-refractivity contribution in [2.75, 3.05) is 24.6 Å². The molecule has 5 heteroatoms. The summed E-state index contributed by atoms with van der Waals surface area (Å²) in [5.74, 6) is 0.171. The highest BCUT2D eigenvalue weighted by Gasteiger charge is 2.27. The highest BCUT2D eigenvalue weighted by Crippen LogP contribution is 2.24. The second kappa shape index (κ2) is 6.02. The number of piperidine rings is 1. The molecule has 0 spiro atoms. The number of aromatic carboxylic acids is 1. The SMILES string of the molecule is CCOC1CCN(c2cccc(C(=O)O)n2)CC1C. The number of aromatic nitrogens is 1. The second-order valence-corrected chi connectivity index (χ2v) is 4.89. The summed E-state index contributed by atoms with van der Waals surface area (Å²) in [6.45, 7) is 6.61. The fourth-order valence-corrected chi connectivity index (χ4v) is 2.51. The van der Waals surface area contributed by atoms with E-state index in [2.05, 4.69) is 16.8 Å². The fraction of sp³-hybridized carbons (Fsp3) is 0.571. The topological polar surface area (TPSA) is 62.7 Å². The summed E-state index contributed by atoms with van der Waals surface area (Å²) in [5, 5.41) is 8.97. The lowest BCUT2D eigenvalue weighted by Crippen LogP contribution is -2.43. The molecule has 0 aliphatic carbocycles. The zero-order valence-corrected chi connectivity index (χ0v) is 11.4. The zero-order valence-electron chi connectivity index (χ0n) is 11.4. The van der Waals surface area contributed by atoms with Crippen LogP contribution in [-0.2, 0) is 4.74 Å². The molecule has 1 fully saturated rings. The minimum absolute atomic E-state index is 0.0945. The van der Waals surface area contributed by atoms with Gasteiger partial charge in [0.2, 0.25) is 0 Å². The lowest BCUT2D eigenvalue weighted by molar-refractivity contribution is 0.0134. The van der Waals surface area contributed by atoms with Gasteiger partial charge >= 0.3 is 5.97 Å². The Labute approximate surface area is 113 Å². The number of hydrogen-bond donors (Lipinski definition) is 1. The molecular formula is C14H20N2O3. The Balaban J connectivity index is 2.07. The molecule has 5 nitrogen and oxygen atoms in total.